The van der Waals surface area contributed by atoms with Crippen LogP contribution < -0.4 is 0 Å². The van der Waals surface area contributed by atoms with E-state index in [0.717, 1.165) is 0 Å². The van der Waals surface area contributed by atoms with E-state index >= 15 is 0 Å². The summed E-state index contributed by atoms with van der Waals surface area (Å²) in [4.78, 5) is 11.0. The summed E-state index contributed by atoms with van der Waals surface area (Å²) >= 11 is 1.73. The second kappa shape index (κ2) is 3.54. The molecule has 0 atom stereocenters. The molecule has 0 bridgehead atoms. The number of aryl methyl sites for hydroxylation is 1. The second-order valence-corrected chi connectivity index (χ2v) is 4.47. The number of benzene rings is 1. The van der Waals surface area contributed by atoms with Gasteiger partial charge in [0.05, 0.1) is 0 Å². The van der Waals surface area contributed by atoms with Crippen LogP contribution in [0.2, 0.25) is 0 Å². The molecular weight excluding hydrogens is 192 g/mol. The number of Topliss-reactive ketones (excluding diaryl/α,β-unsaturated/α-hetero) is 1. The molecule has 0 amide bonds. The molecule has 2 aromatic rings. The van der Waals surface area contributed by atoms with Gasteiger partial charge in [0.1, 0.15) is 5.78 Å². The molecule has 0 aliphatic carbocycles. The lowest BCUT2D eigenvalue weighted by Gasteiger charge is -1.97. The third-order valence-electron chi connectivity index (χ3n) is 2.32. The highest BCUT2D eigenvalue weighted by molar-refractivity contribution is 7.17. The molecule has 0 saturated carbocycles. The molecule has 0 aliphatic rings. The fourth-order valence-electron chi connectivity index (χ4n) is 1.66. The number of fused-ring (bicyclic) bond motifs is 1. The van der Waals surface area contributed by atoms with Gasteiger partial charge in [-0.05, 0) is 35.7 Å². The highest BCUT2D eigenvalue weighted by Crippen LogP contribution is 2.28. The van der Waals surface area contributed by atoms with Crippen molar-refractivity contribution in [3.05, 3.63) is 34.7 Å². The molecule has 0 aliphatic heterocycles. The molecule has 2 heteroatoms. The first-order valence-corrected chi connectivity index (χ1v) is 5.51. The van der Waals surface area contributed by atoms with Crippen LogP contribution in [0, 0.1) is 6.92 Å². The fourth-order valence-corrected chi connectivity index (χ4v) is 2.71. The smallest absolute Gasteiger partial charge is 0.134 e. The van der Waals surface area contributed by atoms with Gasteiger partial charge in [-0.15, -0.1) is 11.3 Å². The number of hydrogen-bond acceptors (Lipinski definition) is 2. The van der Waals surface area contributed by atoms with E-state index in [9.17, 15) is 4.79 Å². The number of rotatable bonds is 2. The highest BCUT2D eigenvalue weighted by atomic mass is 32.1. The SMILES string of the molecule is CC(=O)Cc1csc2c(C)cccc12. The zero-order valence-corrected chi connectivity index (χ0v) is 9.15. The van der Waals surface area contributed by atoms with Crippen molar-refractivity contribution in [1.82, 2.24) is 0 Å². The number of thiophene rings is 1. The molecule has 0 unspecified atom stereocenters. The normalized spacial score (nSPS) is 10.7. The molecule has 0 saturated heterocycles. The minimum atomic E-state index is 0.228. The van der Waals surface area contributed by atoms with Crippen molar-refractivity contribution >= 4 is 27.2 Å². The summed E-state index contributed by atoms with van der Waals surface area (Å²) in [6, 6.07) is 6.25. The molecule has 72 valence electrons. The predicted molar refractivity (Wildman–Crippen MR) is 60.9 cm³/mol. The van der Waals surface area contributed by atoms with E-state index in [0.29, 0.717) is 6.42 Å². The van der Waals surface area contributed by atoms with Gasteiger partial charge in [-0.1, -0.05) is 18.2 Å². The molecule has 1 aromatic carbocycles. The van der Waals surface area contributed by atoms with Crippen LogP contribution in [0.3, 0.4) is 0 Å². The van der Waals surface area contributed by atoms with Crippen molar-refractivity contribution in [2.24, 2.45) is 0 Å². The summed E-state index contributed by atoms with van der Waals surface area (Å²) in [5, 5.41) is 3.34. The van der Waals surface area contributed by atoms with Crippen LogP contribution in [-0.2, 0) is 11.2 Å². The lowest BCUT2D eigenvalue weighted by atomic mass is 10.1. The molecule has 2 rings (SSSR count). The standard InChI is InChI=1S/C12H12OS/c1-8-4-3-5-11-10(6-9(2)13)7-14-12(8)11/h3-5,7H,6H2,1-2H3. The quantitative estimate of drug-likeness (QED) is 0.733. The summed E-state index contributed by atoms with van der Waals surface area (Å²) < 4.78 is 1.31. The van der Waals surface area contributed by atoms with E-state index in [2.05, 4.69) is 24.4 Å². The summed E-state index contributed by atoms with van der Waals surface area (Å²) in [7, 11) is 0. The van der Waals surface area contributed by atoms with E-state index in [-0.39, 0.29) is 5.78 Å². The first-order chi connectivity index (χ1) is 6.68. The van der Waals surface area contributed by atoms with Crippen LogP contribution in [-0.4, -0.2) is 5.78 Å². The topological polar surface area (TPSA) is 17.1 Å². The molecule has 1 aromatic heterocycles. The van der Waals surface area contributed by atoms with E-state index < -0.39 is 0 Å². The first kappa shape index (κ1) is 9.41. The maximum atomic E-state index is 11.0. The maximum Gasteiger partial charge on any atom is 0.134 e. The van der Waals surface area contributed by atoms with Gasteiger partial charge >= 0.3 is 0 Å². The minimum absolute atomic E-state index is 0.228. The molecule has 0 radical (unpaired) electrons. The largest absolute Gasteiger partial charge is 0.300 e. The maximum absolute atomic E-state index is 11.0. The molecular formula is C12H12OS. The van der Waals surface area contributed by atoms with Crippen LogP contribution in [0.25, 0.3) is 10.1 Å². The van der Waals surface area contributed by atoms with Gasteiger partial charge in [0, 0.05) is 11.1 Å². The van der Waals surface area contributed by atoms with Gasteiger partial charge in [-0.2, -0.15) is 0 Å². The van der Waals surface area contributed by atoms with Gasteiger partial charge in [0.25, 0.3) is 0 Å². The lowest BCUT2D eigenvalue weighted by molar-refractivity contribution is -0.116. The molecule has 14 heavy (non-hydrogen) atoms. The Morgan fingerprint density at radius 3 is 2.93 bits per heavy atom. The average Bonchev–Trinajstić information content (AvgIpc) is 2.49. The summed E-state index contributed by atoms with van der Waals surface area (Å²) in [5.74, 6) is 0.228. The van der Waals surface area contributed by atoms with Gasteiger partial charge in [0.15, 0.2) is 0 Å². The summed E-state index contributed by atoms with van der Waals surface area (Å²) in [6.07, 6.45) is 0.559. The Morgan fingerprint density at radius 2 is 2.21 bits per heavy atom. The average molecular weight is 204 g/mol. The van der Waals surface area contributed by atoms with E-state index in [1.807, 2.05) is 6.07 Å². The van der Waals surface area contributed by atoms with Crippen molar-refractivity contribution in [3.63, 3.8) is 0 Å². The highest BCUT2D eigenvalue weighted by Gasteiger charge is 2.06. The Morgan fingerprint density at radius 1 is 1.43 bits per heavy atom. The van der Waals surface area contributed by atoms with Crippen molar-refractivity contribution in [3.8, 4) is 0 Å². The number of ketones is 1. The molecule has 0 spiro atoms. The number of hydrogen-bond donors (Lipinski definition) is 0. The monoisotopic (exact) mass is 204 g/mol. The van der Waals surface area contributed by atoms with Crippen LogP contribution in [0.5, 0.6) is 0 Å². The van der Waals surface area contributed by atoms with Gasteiger partial charge < -0.3 is 0 Å². The summed E-state index contributed by atoms with van der Waals surface area (Å²) in [6.45, 7) is 3.75. The van der Waals surface area contributed by atoms with Gasteiger partial charge in [0.2, 0.25) is 0 Å². The Balaban J connectivity index is 2.58. The Bertz CT molecular complexity index is 482. The van der Waals surface area contributed by atoms with Crippen molar-refractivity contribution in [2.45, 2.75) is 20.3 Å². The Kier molecular flexibility index (Phi) is 2.38. The zero-order valence-electron chi connectivity index (χ0n) is 8.33. The third kappa shape index (κ3) is 1.58. The first-order valence-electron chi connectivity index (χ1n) is 4.63. The zero-order chi connectivity index (χ0) is 10.1. The van der Waals surface area contributed by atoms with E-state index in [4.69, 9.17) is 0 Å². The van der Waals surface area contributed by atoms with Gasteiger partial charge in [-0.3, -0.25) is 4.79 Å². The van der Waals surface area contributed by atoms with Crippen molar-refractivity contribution < 1.29 is 4.79 Å². The lowest BCUT2D eigenvalue weighted by Crippen LogP contribution is -1.94. The van der Waals surface area contributed by atoms with E-state index in [1.165, 1.54) is 21.2 Å². The summed E-state index contributed by atoms with van der Waals surface area (Å²) in [5.41, 5.74) is 2.46. The van der Waals surface area contributed by atoms with Crippen molar-refractivity contribution in [1.29, 1.82) is 0 Å². The van der Waals surface area contributed by atoms with Crippen LogP contribution in [0.4, 0.5) is 0 Å². The van der Waals surface area contributed by atoms with Gasteiger partial charge in [-0.25, -0.2) is 0 Å². The molecule has 1 heterocycles. The number of carbonyl (C=O) groups excluding carboxylic acids is 1. The molecule has 0 N–H and O–H groups in total. The number of carbonyl (C=O) groups is 1. The predicted octanol–water partition coefficient (Wildman–Crippen LogP) is 3.34. The minimum Gasteiger partial charge on any atom is -0.300 e. The van der Waals surface area contributed by atoms with Crippen LogP contribution in [0.15, 0.2) is 23.6 Å². The fraction of sp³-hybridized carbons (Fsp3) is 0.250. The Labute approximate surface area is 87.4 Å². The van der Waals surface area contributed by atoms with Crippen molar-refractivity contribution in [2.75, 3.05) is 0 Å². The molecule has 0 fully saturated rings. The van der Waals surface area contributed by atoms with Crippen LogP contribution >= 0.6 is 11.3 Å². The van der Waals surface area contributed by atoms with Crippen LogP contribution in [0.1, 0.15) is 18.1 Å². The second-order valence-electron chi connectivity index (χ2n) is 3.59. The molecule has 1 nitrogen and oxygen atoms in total. The van der Waals surface area contributed by atoms with E-state index in [1.54, 1.807) is 18.3 Å². The third-order valence-corrected chi connectivity index (χ3v) is 3.50. The Hall–Kier alpha value is -1.15.